The summed E-state index contributed by atoms with van der Waals surface area (Å²) >= 11 is 0. The van der Waals surface area contributed by atoms with E-state index in [0.717, 1.165) is 26.3 Å². The zero-order valence-corrected chi connectivity index (χ0v) is 11.5. The summed E-state index contributed by atoms with van der Waals surface area (Å²) in [6, 6.07) is 0. The zero-order chi connectivity index (χ0) is 12.2. The number of hydrogen-bond acceptors (Lipinski definition) is 3. The fourth-order valence-electron chi connectivity index (χ4n) is 2.29. The minimum atomic E-state index is 0.928. The largest absolute Gasteiger partial charge is 0.380 e. The molecule has 0 atom stereocenters. The van der Waals surface area contributed by atoms with Gasteiger partial charge in [0.15, 0.2) is 0 Å². The lowest BCUT2D eigenvalue weighted by molar-refractivity contribution is 0.108. The molecule has 0 aromatic rings. The van der Waals surface area contributed by atoms with Crippen LogP contribution in [0.25, 0.3) is 0 Å². The molecule has 1 rings (SSSR count). The molecule has 0 aliphatic carbocycles. The first-order valence-electron chi connectivity index (χ1n) is 7.44. The molecule has 1 aliphatic rings. The maximum Gasteiger partial charge on any atom is 0.0593 e. The quantitative estimate of drug-likeness (QED) is 0.563. The third-order valence-electron chi connectivity index (χ3n) is 3.39. The number of rotatable bonds is 11. The molecule has 0 spiro atoms. The molecule has 3 nitrogen and oxygen atoms in total. The second-order valence-electron chi connectivity index (χ2n) is 4.93. The summed E-state index contributed by atoms with van der Waals surface area (Å²) in [7, 11) is 0. The van der Waals surface area contributed by atoms with Gasteiger partial charge in [-0.05, 0) is 51.9 Å². The summed E-state index contributed by atoms with van der Waals surface area (Å²) in [5, 5.41) is 3.35. The molecule has 0 aromatic heterocycles. The van der Waals surface area contributed by atoms with Crippen molar-refractivity contribution in [2.45, 2.75) is 45.4 Å². The molecule has 3 heteroatoms. The number of hydrogen-bond donors (Lipinski definition) is 1. The summed E-state index contributed by atoms with van der Waals surface area (Å²) in [4.78, 5) is 2.51. The maximum atomic E-state index is 5.67. The van der Waals surface area contributed by atoms with Crippen molar-refractivity contribution in [3.05, 3.63) is 0 Å². The summed E-state index contributed by atoms with van der Waals surface area (Å²) in [5.41, 5.74) is 0. The Balaban J connectivity index is 1.69. The van der Waals surface area contributed by atoms with Gasteiger partial charge in [0.1, 0.15) is 0 Å². The first kappa shape index (κ1) is 14.9. The van der Waals surface area contributed by atoms with Crippen LogP contribution in [0.5, 0.6) is 0 Å². The maximum absolute atomic E-state index is 5.67. The highest BCUT2D eigenvalue weighted by atomic mass is 16.5. The topological polar surface area (TPSA) is 24.5 Å². The van der Waals surface area contributed by atoms with Gasteiger partial charge in [-0.25, -0.2) is 0 Å². The molecule has 0 bridgehead atoms. The average Bonchev–Trinajstić information content (AvgIpc) is 2.85. The first-order chi connectivity index (χ1) is 8.43. The van der Waals surface area contributed by atoms with Crippen LogP contribution in [0.15, 0.2) is 0 Å². The molecule has 17 heavy (non-hydrogen) atoms. The van der Waals surface area contributed by atoms with Gasteiger partial charge in [-0.1, -0.05) is 19.8 Å². The van der Waals surface area contributed by atoms with Crippen molar-refractivity contribution in [2.75, 3.05) is 45.9 Å². The fourth-order valence-corrected chi connectivity index (χ4v) is 2.29. The van der Waals surface area contributed by atoms with E-state index in [2.05, 4.69) is 17.1 Å². The van der Waals surface area contributed by atoms with Gasteiger partial charge in [0.05, 0.1) is 6.61 Å². The molecule has 1 saturated heterocycles. The molecule has 0 saturated carbocycles. The van der Waals surface area contributed by atoms with Crippen molar-refractivity contribution in [2.24, 2.45) is 0 Å². The summed E-state index contributed by atoms with van der Waals surface area (Å²) in [5.74, 6) is 0. The van der Waals surface area contributed by atoms with Crippen molar-refractivity contribution < 1.29 is 4.74 Å². The van der Waals surface area contributed by atoms with E-state index < -0.39 is 0 Å². The Labute approximate surface area is 107 Å². The third kappa shape index (κ3) is 8.58. The van der Waals surface area contributed by atoms with Crippen LogP contribution in [-0.4, -0.2) is 50.8 Å². The van der Waals surface area contributed by atoms with Crippen LogP contribution < -0.4 is 5.32 Å². The highest BCUT2D eigenvalue weighted by Crippen LogP contribution is 2.06. The Morgan fingerprint density at radius 1 is 1.00 bits per heavy atom. The number of nitrogens with zero attached hydrogens (tertiary/aromatic N) is 1. The van der Waals surface area contributed by atoms with Gasteiger partial charge in [-0.2, -0.15) is 0 Å². The molecular weight excluding hydrogens is 212 g/mol. The highest BCUT2D eigenvalue weighted by Gasteiger charge is 2.09. The van der Waals surface area contributed by atoms with E-state index in [-0.39, 0.29) is 0 Å². The first-order valence-corrected chi connectivity index (χ1v) is 7.44. The minimum absolute atomic E-state index is 0.928. The van der Waals surface area contributed by atoms with Gasteiger partial charge < -0.3 is 15.0 Å². The standard InChI is InChI=1S/C14H30N2O/c1-2-15-9-5-3-4-8-13-17-14-12-16-10-6-7-11-16/h15H,2-14H2,1H3. The van der Waals surface area contributed by atoms with Crippen LogP contribution in [0.4, 0.5) is 0 Å². The van der Waals surface area contributed by atoms with E-state index in [4.69, 9.17) is 4.74 Å². The Hall–Kier alpha value is -0.120. The van der Waals surface area contributed by atoms with Crippen molar-refractivity contribution >= 4 is 0 Å². The van der Waals surface area contributed by atoms with E-state index in [0.29, 0.717) is 0 Å². The predicted molar refractivity (Wildman–Crippen MR) is 73.5 cm³/mol. The van der Waals surface area contributed by atoms with Crippen molar-refractivity contribution in [3.63, 3.8) is 0 Å². The second-order valence-corrected chi connectivity index (χ2v) is 4.93. The monoisotopic (exact) mass is 242 g/mol. The van der Waals surface area contributed by atoms with Crippen LogP contribution in [0.2, 0.25) is 0 Å². The van der Waals surface area contributed by atoms with Crippen molar-refractivity contribution in [3.8, 4) is 0 Å². The SMILES string of the molecule is CCNCCCCCCOCCN1CCCC1. The summed E-state index contributed by atoms with van der Waals surface area (Å²) in [6.45, 7) is 10.0. The molecule has 1 aliphatic heterocycles. The van der Waals surface area contributed by atoms with Crippen LogP contribution in [-0.2, 0) is 4.74 Å². The summed E-state index contributed by atoms with van der Waals surface area (Å²) < 4.78 is 5.67. The van der Waals surface area contributed by atoms with Gasteiger partial charge in [0, 0.05) is 13.2 Å². The highest BCUT2D eigenvalue weighted by molar-refractivity contribution is 4.65. The Kier molecular flexibility index (Phi) is 9.66. The molecule has 102 valence electrons. The zero-order valence-electron chi connectivity index (χ0n) is 11.5. The number of nitrogens with one attached hydrogen (secondary N) is 1. The van der Waals surface area contributed by atoms with Gasteiger partial charge in [-0.3, -0.25) is 0 Å². The van der Waals surface area contributed by atoms with Crippen molar-refractivity contribution in [1.29, 1.82) is 0 Å². The lowest BCUT2D eigenvalue weighted by Gasteiger charge is -2.14. The van der Waals surface area contributed by atoms with E-state index in [1.807, 2.05) is 0 Å². The van der Waals surface area contributed by atoms with Crippen LogP contribution in [0.3, 0.4) is 0 Å². The van der Waals surface area contributed by atoms with Crippen LogP contribution in [0.1, 0.15) is 45.4 Å². The molecule has 0 amide bonds. The second kappa shape index (κ2) is 11.0. The molecule has 1 fully saturated rings. The fraction of sp³-hybridized carbons (Fsp3) is 1.00. The molecular formula is C14H30N2O. The average molecular weight is 242 g/mol. The van der Waals surface area contributed by atoms with Gasteiger partial charge in [-0.15, -0.1) is 0 Å². The van der Waals surface area contributed by atoms with E-state index in [1.165, 1.54) is 58.2 Å². The lowest BCUT2D eigenvalue weighted by atomic mass is 10.2. The Bertz CT molecular complexity index is 158. The van der Waals surface area contributed by atoms with Gasteiger partial charge in [0.2, 0.25) is 0 Å². The minimum Gasteiger partial charge on any atom is -0.380 e. The van der Waals surface area contributed by atoms with Crippen molar-refractivity contribution in [1.82, 2.24) is 10.2 Å². The molecule has 1 heterocycles. The molecule has 0 unspecified atom stereocenters. The van der Waals surface area contributed by atoms with E-state index in [1.54, 1.807) is 0 Å². The van der Waals surface area contributed by atoms with E-state index >= 15 is 0 Å². The normalized spacial score (nSPS) is 16.8. The molecule has 0 radical (unpaired) electrons. The third-order valence-corrected chi connectivity index (χ3v) is 3.39. The number of ether oxygens (including phenoxy) is 1. The number of likely N-dealkylation sites (tertiary alicyclic amines) is 1. The number of unbranched alkanes of at least 4 members (excludes halogenated alkanes) is 3. The summed E-state index contributed by atoms with van der Waals surface area (Å²) in [6.07, 6.45) is 7.95. The predicted octanol–water partition coefficient (Wildman–Crippen LogP) is 2.27. The smallest absolute Gasteiger partial charge is 0.0593 e. The van der Waals surface area contributed by atoms with E-state index in [9.17, 15) is 0 Å². The Morgan fingerprint density at radius 3 is 2.53 bits per heavy atom. The van der Waals surface area contributed by atoms with Gasteiger partial charge >= 0.3 is 0 Å². The molecule has 1 N–H and O–H groups in total. The van der Waals surface area contributed by atoms with Crippen LogP contribution >= 0.6 is 0 Å². The van der Waals surface area contributed by atoms with Crippen LogP contribution in [0, 0.1) is 0 Å². The molecule has 0 aromatic carbocycles. The Morgan fingerprint density at radius 2 is 1.76 bits per heavy atom. The lowest BCUT2D eigenvalue weighted by Crippen LogP contribution is -2.24. The van der Waals surface area contributed by atoms with Gasteiger partial charge in [0.25, 0.3) is 0 Å².